The van der Waals surface area contributed by atoms with Gasteiger partial charge in [-0.15, -0.1) is 0 Å². The SMILES string of the molecule is COc1ccc(C(=O)/C=C/c2ccc(O)c(Cl)c2)cc1F. The zero-order valence-electron chi connectivity index (χ0n) is 11.1. The van der Waals surface area contributed by atoms with Gasteiger partial charge < -0.3 is 9.84 Å². The Morgan fingerprint density at radius 2 is 2.05 bits per heavy atom. The summed E-state index contributed by atoms with van der Waals surface area (Å²) in [6.07, 6.45) is 2.85. The van der Waals surface area contributed by atoms with E-state index in [2.05, 4.69) is 0 Å². The Morgan fingerprint density at radius 3 is 2.67 bits per heavy atom. The lowest BCUT2D eigenvalue weighted by Crippen LogP contribution is -1.97. The Kier molecular flexibility index (Phi) is 4.60. The molecule has 21 heavy (non-hydrogen) atoms. The smallest absolute Gasteiger partial charge is 0.185 e. The standard InChI is InChI=1S/C16H12ClFO3/c1-21-16-7-4-11(9-13(16)18)14(19)5-2-10-3-6-15(20)12(17)8-10/h2-9,20H,1H3/b5-2+. The van der Waals surface area contributed by atoms with Gasteiger partial charge in [0.25, 0.3) is 0 Å². The van der Waals surface area contributed by atoms with Crippen molar-refractivity contribution in [2.75, 3.05) is 7.11 Å². The highest BCUT2D eigenvalue weighted by Crippen LogP contribution is 2.24. The predicted octanol–water partition coefficient (Wildman–Crippen LogP) is 4.09. The van der Waals surface area contributed by atoms with Crippen molar-refractivity contribution in [2.24, 2.45) is 0 Å². The number of ether oxygens (including phenoxy) is 1. The average molecular weight is 307 g/mol. The summed E-state index contributed by atoms with van der Waals surface area (Å²) in [7, 11) is 1.36. The molecule has 5 heteroatoms. The summed E-state index contributed by atoms with van der Waals surface area (Å²) in [4.78, 5) is 11.9. The first kappa shape index (κ1) is 15.1. The van der Waals surface area contributed by atoms with Gasteiger partial charge in [0.2, 0.25) is 0 Å². The minimum atomic E-state index is -0.593. The molecule has 108 valence electrons. The minimum Gasteiger partial charge on any atom is -0.506 e. The summed E-state index contributed by atoms with van der Waals surface area (Å²) in [5.74, 6) is -0.886. The molecular formula is C16H12ClFO3. The summed E-state index contributed by atoms with van der Waals surface area (Å²) in [6, 6.07) is 8.57. The first-order valence-corrected chi connectivity index (χ1v) is 6.43. The molecule has 0 aliphatic rings. The number of methoxy groups -OCH3 is 1. The number of aromatic hydroxyl groups is 1. The van der Waals surface area contributed by atoms with Crippen molar-refractivity contribution in [1.29, 1.82) is 0 Å². The summed E-state index contributed by atoms with van der Waals surface area (Å²) in [5.41, 5.74) is 0.870. The maximum atomic E-state index is 13.5. The Balaban J connectivity index is 2.18. The van der Waals surface area contributed by atoms with E-state index in [0.717, 1.165) is 6.07 Å². The summed E-state index contributed by atoms with van der Waals surface area (Å²) < 4.78 is 18.3. The number of carbonyl (C=O) groups excluding carboxylic acids is 1. The fourth-order valence-electron chi connectivity index (χ4n) is 1.71. The van der Waals surface area contributed by atoms with E-state index in [1.807, 2.05) is 0 Å². The number of carbonyl (C=O) groups is 1. The van der Waals surface area contributed by atoms with Crippen LogP contribution in [0.25, 0.3) is 6.08 Å². The van der Waals surface area contributed by atoms with Gasteiger partial charge in [-0.05, 0) is 42.0 Å². The molecule has 1 N–H and O–H groups in total. The van der Waals surface area contributed by atoms with Crippen molar-refractivity contribution >= 4 is 23.5 Å². The molecule has 0 bridgehead atoms. The molecule has 0 heterocycles. The van der Waals surface area contributed by atoms with E-state index in [0.29, 0.717) is 5.56 Å². The second-order valence-corrected chi connectivity index (χ2v) is 4.66. The third-order valence-corrected chi connectivity index (χ3v) is 3.14. The van der Waals surface area contributed by atoms with Crippen molar-refractivity contribution in [3.05, 3.63) is 64.4 Å². The second kappa shape index (κ2) is 6.41. The number of halogens is 2. The van der Waals surface area contributed by atoms with Crippen molar-refractivity contribution in [1.82, 2.24) is 0 Å². The Hall–Kier alpha value is -2.33. The van der Waals surface area contributed by atoms with E-state index in [1.165, 1.54) is 43.5 Å². The first-order valence-electron chi connectivity index (χ1n) is 6.05. The van der Waals surface area contributed by atoms with Gasteiger partial charge in [-0.25, -0.2) is 4.39 Å². The van der Waals surface area contributed by atoms with Gasteiger partial charge in [0.05, 0.1) is 12.1 Å². The van der Waals surface area contributed by atoms with E-state index < -0.39 is 5.82 Å². The number of hydrogen-bond acceptors (Lipinski definition) is 3. The molecule has 2 aromatic carbocycles. The number of hydrogen-bond donors (Lipinski definition) is 1. The largest absolute Gasteiger partial charge is 0.506 e. The van der Waals surface area contributed by atoms with Crippen LogP contribution in [-0.4, -0.2) is 18.0 Å². The fraction of sp³-hybridized carbons (Fsp3) is 0.0625. The molecule has 2 aromatic rings. The molecule has 0 aliphatic heterocycles. The molecule has 0 saturated heterocycles. The topological polar surface area (TPSA) is 46.5 Å². The lowest BCUT2D eigenvalue weighted by Gasteiger charge is -2.02. The van der Waals surface area contributed by atoms with E-state index in [-0.39, 0.29) is 27.9 Å². The molecule has 2 rings (SSSR count). The molecule has 3 nitrogen and oxygen atoms in total. The van der Waals surface area contributed by atoms with Gasteiger partial charge in [0.1, 0.15) is 5.75 Å². The highest BCUT2D eigenvalue weighted by atomic mass is 35.5. The summed E-state index contributed by atoms with van der Waals surface area (Å²) in [6.45, 7) is 0. The molecule has 0 radical (unpaired) electrons. The number of ketones is 1. The highest BCUT2D eigenvalue weighted by Gasteiger charge is 2.07. The first-order chi connectivity index (χ1) is 10.0. The van der Waals surface area contributed by atoms with E-state index >= 15 is 0 Å². The minimum absolute atomic E-state index is 0.0302. The van der Waals surface area contributed by atoms with Crippen LogP contribution >= 0.6 is 11.6 Å². The van der Waals surface area contributed by atoms with Crippen LogP contribution in [0.3, 0.4) is 0 Å². The Bertz CT molecular complexity index is 711. The molecule has 0 atom stereocenters. The number of benzene rings is 2. The number of allylic oxidation sites excluding steroid dienone is 1. The second-order valence-electron chi connectivity index (χ2n) is 4.26. The van der Waals surface area contributed by atoms with Crippen LogP contribution in [0.15, 0.2) is 42.5 Å². The van der Waals surface area contributed by atoms with E-state index in [1.54, 1.807) is 6.07 Å². The van der Waals surface area contributed by atoms with Crippen molar-refractivity contribution in [2.45, 2.75) is 0 Å². The van der Waals surface area contributed by atoms with Gasteiger partial charge in [0.15, 0.2) is 17.3 Å². The zero-order valence-corrected chi connectivity index (χ0v) is 11.9. The number of rotatable bonds is 4. The summed E-state index contributed by atoms with van der Waals surface area (Å²) in [5, 5.41) is 9.50. The lowest BCUT2D eigenvalue weighted by molar-refractivity contribution is 0.104. The van der Waals surface area contributed by atoms with Gasteiger partial charge >= 0.3 is 0 Å². The van der Waals surface area contributed by atoms with Gasteiger partial charge in [-0.2, -0.15) is 0 Å². The fourth-order valence-corrected chi connectivity index (χ4v) is 1.90. The maximum Gasteiger partial charge on any atom is 0.185 e. The average Bonchev–Trinajstić information content (AvgIpc) is 2.48. The van der Waals surface area contributed by atoms with Crippen LogP contribution < -0.4 is 4.74 Å². The quantitative estimate of drug-likeness (QED) is 0.683. The van der Waals surface area contributed by atoms with Crippen LogP contribution in [0.2, 0.25) is 5.02 Å². The molecule has 0 aliphatic carbocycles. The van der Waals surface area contributed by atoms with Crippen LogP contribution in [0.5, 0.6) is 11.5 Å². The van der Waals surface area contributed by atoms with Crippen LogP contribution in [0, 0.1) is 5.82 Å². The summed E-state index contributed by atoms with van der Waals surface area (Å²) >= 11 is 5.77. The van der Waals surface area contributed by atoms with Crippen molar-refractivity contribution < 1.29 is 19.0 Å². The molecule has 0 spiro atoms. The molecule has 0 unspecified atom stereocenters. The number of phenols is 1. The van der Waals surface area contributed by atoms with Crippen LogP contribution in [0.4, 0.5) is 4.39 Å². The molecule has 0 aromatic heterocycles. The monoisotopic (exact) mass is 306 g/mol. The molecule has 0 saturated carbocycles. The van der Waals surface area contributed by atoms with Gasteiger partial charge in [0, 0.05) is 5.56 Å². The molecule has 0 fully saturated rings. The van der Waals surface area contributed by atoms with Gasteiger partial charge in [-0.1, -0.05) is 23.7 Å². The predicted molar refractivity (Wildman–Crippen MR) is 79.4 cm³/mol. The third kappa shape index (κ3) is 3.61. The Morgan fingerprint density at radius 1 is 1.29 bits per heavy atom. The highest BCUT2D eigenvalue weighted by molar-refractivity contribution is 6.32. The van der Waals surface area contributed by atoms with Crippen LogP contribution in [-0.2, 0) is 0 Å². The van der Waals surface area contributed by atoms with Gasteiger partial charge in [-0.3, -0.25) is 4.79 Å². The molecular weight excluding hydrogens is 295 g/mol. The van der Waals surface area contributed by atoms with Crippen LogP contribution in [0.1, 0.15) is 15.9 Å². The van der Waals surface area contributed by atoms with E-state index in [4.69, 9.17) is 16.3 Å². The lowest BCUT2D eigenvalue weighted by atomic mass is 10.1. The zero-order chi connectivity index (χ0) is 15.4. The Labute approximate surface area is 126 Å². The van der Waals surface area contributed by atoms with Crippen molar-refractivity contribution in [3.8, 4) is 11.5 Å². The molecule has 0 amide bonds. The number of phenolic OH excluding ortho intramolecular Hbond substituents is 1. The van der Waals surface area contributed by atoms with Crippen molar-refractivity contribution in [3.63, 3.8) is 0 Å². The van der Waals surface area contributed by atoms with E-state index in [9.17, 15) is 14.3 Å². The maximum absolute atomic E-state index is 13.5. The third-order valence-electron chi connectivity index (χ3n) is 2.84. The normalized spacial score (nSPS) is 10.8.